The fourth-order valence-electron chi connectivity index (χ4n) is 3.31. The Hall–Kier alpha value is -1.79. The molecule has 0 radical (unpaired) electrons. The summed E-state index contributed by atoms with van der Waals surface area (Å²) >= 11 is 0. The summed E-state index contributed by atoms with van der Waals surface area (Å²) in [5.41, 5.74) is 4.62. The molecule has 2 rings (SSSR count). The Bertz CT molecular complexity index is 467. The number of hydrogen-bond donors (Lipinski definition) is 1. The zero-order valence-electron chi connectivity index (χ0n) is 12.8. The molecule has 2 heterocycles. The van der Waals surface area contributed by atoms with E-state index in [4.69, 9.17) is 10.5 Å². The topological polar surface area (TPSA) is 92.9 Å². The number of urea groups is 1. The maximum atomic E-state index is 12.6. The summed E-state index contributed by atoms with van der Waals surface area (Å²) in [4.78, 5) is 39.1. The Labute approximate surface area is 124 Å². The second-order valence-corrected chi connectivity index (χ2v) is 6.22. The van der Waals surface area contributed by atoms with E-state index in [9.17, 15) is 14.4 Å². The van der Waals surface area contributed by atoms with Gasteiger partial charge in [-0.25, -0.2) is 4.79 Å². The van der Waals surface area contributed by atoms with E-state index < -0.39 is 17.5 Å². The molecule has 7 nitrogen and oxygen atoms in total. The van der Waals surface area contributed by atoms with E-state index in [1.54, 1.807) is 4.90 Å². The number of carbonyl (C=O) groups is 3. The van der Waals surface area contributed by atoms with Crippen molar-refractivity contribution in [3.05, 3.63) is 0 Å². The van der Waals surface area contributed by atoms with Gasteiger partial charge in [0.1, 0.15) is 6.04 Å². The van der Waals surface area contributed by atoms with E-state index in [2.05, 4.69) is 0 Å². The van der Waals surface area contributed by atoms with Gasteiger partial charge in [-0.1, -0.05) is 6.92 Å². The van der Waals surface area contributed by atoms with Gasteiger partial charge in [0.05, 0.1) is 12.5 Å². The number of likely N-dealkylation sites (tertiary alicyclic amines) is 2. The van der Waals surface area contributed by atoms with E-state index in [0.717, 1.165) is 6.42 Å². The fraction of sp³-hybridized carbons (Fsp3) is 0.786. The number of nitrogens with zero attached hydrogens (tertiary/aromatic N) is 2. The molecule has 0 saturated carbocycles. The number of methoxy groups -OCH3 is 1. The first-order valence-corrected chi connectivity index (χ1v) is 7.24. The number of hydrogen-bond acceptors (Lipinski definition) is 4. The van der Waals surface area contributed by atoms with Crippen molar-refractivity contribution < 1.29 is 19.1 Å². The largest absolute Gasteiger partial charge is 0.469 e. The molecule has 2 fully saturated rings. The minimum absolute atomic E-state index is 0.0114. The molecule has 0 spiro atoms. The molecule has 2 aliphatic heterocycles. The average Bonchev–Trinajstić information content (AvgIpc) is 3.03. The summed E-state index contributed by atoms with van der Waals surface area (Å²) < 4.78 is 4.86. The molecule has 0 aromatic heterocycles. The second kappa shape index (κ2) is 5.54. The average molecular weight is 297 g/mol. The van der Waals surface area contributed by atoms with Gasteiger partial charge in [0.15, 0.2) is 0 Å². The van der Waals surface area contributed by atoms with Crippen LogP contribution in [0.25, 0.3) is 0 Å². The van der Waals surface area contributed by atoms with Gasteiger partial charge in [0, 0.05) is 19.6 Å². The van der Waals surface area contributed by atoms with Crippen molar-refractivity contribution in [1.29, 1.82) is 0 Å². The van der Waals surface area contributed by atoms with Crippen LogP contribution in [0.15, 0.2) is 0 Å². The molecule has 0 bridgehead atoms. The molecule has 7 heteroatoms. The molecule has 2 aliphatic rings. The van der Waals surface area contributed by atoms with Crippen molar-refractivity contribution in [1.82, 2.24) is 9.80 Å². The monoisotopic (exact) mass is 297 g/mol. The predicted octanol–water partition coefficient (Wildman–Crippen LogP) is 0.187. The van der Waals surface area contributed by atoms with Gasteiger partial charge in [-0.15, -0.1) is 0 Å². The Balaban J connectivity index is 2.12. The number of rotatable bonds is 2. The highest BCUT2D eigenvalue weighted by atomic mass is 16.5. The number of nitrogens with two attached hydrogens (primary N) is 1. The normalized spacial score (nSPS) is 32.3. The van der Waals surface area contributed by atoms with E-state index in [1.807, 2.05) is 13.8 Å². The lowest BCUT2D eigenvalue weighted by Crippen LogP contribution is -2.49. The van der Waals surface area contributed by atoms with Crippen LogP contribution in [-0.4, -0.2) is 60.5 Å². The van der Waals surface area contributed by atoms with Crippen molar-refractivity contribution in [2.75, 3.05) is 26.7 Å². The molecule has 118 valence electrons. The molecule has 0 aromatic rings. The molecule has 2 saturated heterocycles. The van der Waals surface area contributed by atoms with Crippen molar-refractivity contribution in [3.63, 3.8) is 0 Å². The number of esters is 1. The third-order valence-corrected chi connectivity index (χ3v) is 4.89. The van der Waals surface area contributed by atoms with Gasteiger partial charge in [-0.05, 0) is 25.7 Å². The van der Waals surface area contributed by atoms with Gasteiger partial charge in [0.25, 0.3) is 0 Å². The summed E-state index contributed by atoms with van der Waals surface area (Å²) in [6.07, 6.45) is 1.40. The molecule has 21 heavy (non-hydrogen) atoms. The minimum atomic E-state index is -0.694. The zero-order valence-corrected chi connectivity index (χ0v) is 12.8. The minimum Gasteiger partial charge on any atom is -0.469 e. The third kappa shape index (κ3) is 2.56. The lowest BCUT2D eigenvalue weighted by atomic mass is 9.81. The van der Waals surface area contributed by atoms with Gasteiger partial charge in [0.2, 0.25) is 5.91 Å². The van der Waals surface area contributed by atoms with Crippen LogP contribution in [0.4, 0.5) is 4.79 Å². The Morgan fingerprint density at radius 3 is 2.57 bits per heavy atom. The molecule has 0 unspecified atom stereocenters. The Morgan fingerprint density at radius 2 is 2.00 bits per heavy atom. The van der Waals surface area contributed by atoms with Crippen LogP contribution in [0.2, 0.25) is 0 Å². The van der Waals surface area contributed by atoms with Crippen molar-refractivity contribution in [2.24, 2.45) is 17.1 Å². The quantitative estimate of drug-likeness (QED) is 0.736. The zero-order chi connectivity index (χ0) is 15.8. The molecule has 3 amide bonds. The standard InChI is InChI=1S/C14H23N3O4/c1-9-7-16(8-14(9,2)12(19)21-3)11(18)10-5-4-6-17(10)13(15)20/h9-10H,4-8H2,1-3H3,(H2,15,20)/t9-,10+,14-/m1/s1. The first-order chi connectivity index (χ1) is 9.81. The molecular weight excluding hydrogens is 274 g/mol. The molecule has 0 aromatic carbocycles. The number of ether oxygens (including phenoxy) is 1. The first-order valence-electron chi connectivity index (χ1n) is 7.24. The Kier molecular flexibility index (Phi) is 4.11. The van der Waals surface area contributed by atoms with Crippen molar-refractivity contribution in [2.45, 2.75) is 32.7 Å². The van der Waals surface area contributed by atoms with Gasteiger partial charge < -0.3 is 20.3 Å². The van der Waals surface area contributed by atoms with Crippen LogP contribution < -0.4 is 5.73 Å². The van der Waals surface area contributed by atoms with Crippen LogP contribution in [0, 0.1) is 11.3 Å². The highest BCUT2D eigenvalue weighted by Gasteiger charge is 2.50. The smallest absolute Gasteiger partial charge is 0.315 e. The predicted molar refractivity (Wildman–Crippen MR) is 75.2 cm³/mol. The number of carbonyl (C=O) groups excluding carboxylic acids is 3. The van der Waals surface area contributed by atoms with Crippen molar-refractivity contribution >= 4 is 17.9 Å². The molecule has 2 N–H and O–H groups in total. The van der Waals surface area contributed by atoms with E-state index in [1.165, 1.54) is 12.0 Å². The van der Waals surface area contributed by atoms with Gasteiger partial charge >= 0.3 is 12.0 Å². The molecule has 3 atom stereocenters. The number of primary amides is 1. The van der Waals surface area contributed by atoms with E-state index >= 15 is 0 Å². The van der Waals surface area contributed by atoms with Crippen LogP contribution in [0.1, 0.15) is 26.7 Å². The highest BCUT2D eigenvalue weighted by Crippen LogP contribution is 2.37. The molecular formula is C14H23N3O4. The second-order valence-electron chi connectivity index (χ2n) is 6.22. The maximum Gasteiger partial charge on any atom is 0.315 e. The SMILES string of the molecule is COC(=O)[C@]1(C)CN(C(=O)[C@@H]2CCCN2C(N)=O)C[C@H]1C. The van der Waals surface area contributed by atoms with Gasteiger partial charge in [-0.2, -0.15) is 0 Å². The molecule has 0 aliphatic carbocycles. The number of amides is 3. The summed E-state index contributed by atoms with van der Waals surface area (Å²) in [5, 5.41) is 0. The van der Waals surface area contributed by atoms with Crippen LogP contribution in [-0.2, 0) is 14.3 Å². The van der Waals surface area contributed by atoms with Crippen LogP contribution >= 0.6 is 0 Å². The van der Waals surface area contributed by atoms with Crippen LogP contribution in [0.3, 0.4) is 0 Å². The summed E-state index contributed by atoms with van der Waals surface area (Å²) in [5.74, 6) is -0.411. The third-order valence-electron chi connectivity index (χ3n) is 4.89. The Morgan fingerprint density at radius 1 is 1.33 bits per heavy atom. The van der Waals surface area contributed by atoms with E-state index in [0.29, 0.717) is 26.1 Å². The maximum absolute atomic E-state index is 12.6. The summed E-state index contributed by atoms with van der Waals surface area (Å²) in [6.45, 7) is 5.09. The lowest BCUT2D eigenvalue weighted by molar-refractivity contribution is -0.153. The van der Waals surface area contributed by atoms with Gasteiger partial charge in [-0.3, -0.25) is 9.59 Å². The fourth-order valence-corrected chi connectivity index (χ4v) is 3.31. The van der Waals surface area contributed by atoms with Crippen molar-refractivity contribution in [3.8, 4) is 0 Å². The summed E-state index contributed by atoms with van der Waals surface area (Å²) in [7, 11) is 1.36. The van der Waals surface area contributed by atoms with Crippen LogP contribution in [0.5, 0.6) is 0 Å². The summed E-state index contributed by atoms with van der Waals surface area (Å²) in [6, 6.07) is -1.05. The first kappa shape index (κ1) is 15.6. The van der Waals surface area contributed by atoms with E-state index in [-0.39, 0.29) is 17.8 Å². The lowest BCUT2D eigenvalue weighted by Gasteiger charge is -2.28. The highest BCUT2D eigenvalue weighted by molar-refractivity contribution is 5.88.